The summed E-state index contributed by atoms with van der Waals surface area (Å²) in [5.41, 5.74) is 8.78. The van der Waals surface area contributed by atoms with Crippen molar-refractivity contribution in [2.45, 2.75) is 52.4 Å². The number of hydrogen-bond donors (Lipinski definition) is 0. The third kappa shape index (κ3) is 2.88. The van der Waals surface area contributed by atoms with Crippen LogP contribution in [0.5, 0.6) is 0 Å². The lowest BCUT2D eigenvalue weighted by Crippen LogP contribution is -2.47. The van der Waals surface area contributed by atoms with Crippen molar-refractivity contribution in [3.63, 3.8) is 0 Å². The average Bonchev–Trinajstić information content (AvgIpc) is 3.44. The van der Waals surface area contributed by atoms with E-state index in [2.05, 4.69) is 62.4 Å². The molecule has 0 amide bonds. The molecule has 0 bridgehead atoms. The Morgan fingerprint density at radius 1 is 0.710 bits per heavy atom. The Morgan fingerprint density at radius 3 is 1.58 bits per heavy atom. The molecule has 156 valence electrons. The highest BCUT2D eigenvalue weighted by atomic mass is 32.2. The Hall–Kier alpha value is -1.46. The van der Waals surface area contributed by atoms with Crippen molar-refractivity contribution in [3.05, 3.63) is 94.1 Å². The summed E-state index contributed by atoms with van der Waals surface area (Å²) in [5, 5.41) is 0. The van der Waals surface area contributed by atoms with Crippen molar-refractivity contribution in [3.8, 4) is 0 Å². The quantitative estimate of drug-likeness (QED) is 0.409. The number of rotatable bonds is 2. The molecule has 31 heavy (non-hydrogen) atoms. The molecule has 0 radical (unpaired) electrons. The summed E-state index contributed by atoms with van der Waals surface area (Å²) in [7, 11) is 0. The monoisotopic (exact) mass is 474 g/mol. The fourth-order valence-corrected chi connectivity index (χ4v) is 9.10. The van der Waals surface area contributed by atoms with Gasteiger partial charge in [0.2, 0.25) is 0 Å². The summed E-state index contributed by atoms with van der Waals surface area (Å²) in [6.07, 6.45) is 8.59. The highest BCUT2D eigenvalue weighted by Crippen LogP contribution is 2.70. The SMILES string of the molecule is CC12SC(c3cccc([S-])c3)=CC1=C1CCCC1=C1C=C(c3cccc([S-])c3)SC12C. The molecule has 4 aliphatic rings. The zero-order chi connectivity index (χ0) is 21.4. The smallest absolute Gasteiger partial charge is 0.0618 e. The molecule has 0 spiro atoms. The van der Waals surface area contributed by atoms with Gasteiger partial charge in [-0.1, -0.05) is 48.5 Å². The molecule has 2 heterocycles. The molecule has 2 unspecified atom stereocenters. The van der Waals surface area contributed by atoms with Crippen LogP contribution in [0.1, 0.15) is 44.2 Å². The van der Waals surface area contributed by atoms with Crippen LogP contribution in [-0.2, 0) is 25.3 Å². The lowest BCUT2D eigenvalue weighted by Gasteiger charge is -2.47. The van der Waals surface area contributed by atoms with Crippen LogP contribution >= 0.6 is 23.5 Å². The molecule has 0 nitrogen and oxygen atoms in total. The van der Waals surface area contributed by atoms with Gasteiger partial charge in [-0.05, 0) is 78.7 Å². The fraction of sp³-hybridized carbons (Fsp3) is 0.259. The van der Waals surface area contributed by atoms with E-state index in [1.165, 1.54) is 40.2 Å². The van der Waals surface area contributed by atoms with E-state index in [4.69, 9.17) is 25.3 Å². The highest BCUT2D eigenvalue weighted by molar-refractivity contribution is 8.14. The van der Waals surface area contributed by atoms with E-state index in [1.54, 1.807) is 22.3 Å². The largest absolute Gasteiger partial charge is 0.780 e. The predicted molar refractivity (Wildman–Crippen MR) is 140 cm³/mol. The van der Waals surface area contributed by atoms with Crippen LogP contribution < -0.4 is 0 Å². The fourth-order valence-electron chi connectivity index (χ4n) is 5.53. The normalized spacial score (nSPS) is 29.0. The van der Waals surface area contributed by atoms with Gasteiger partial charge >= 0.3 is 0 Å². The minimum atomic E-state index is -0.00715. The Bertz CT molecular complexity index is 1160. The van der Waals surface area contributed by atoms with Crippen molar-refractivity contribution in [1.82, 2.24) is 0 Å². The number of benzene rings is 2. The van der Waals surface area contributed by atoms with E-state index < -0.39 is 0 Å². The van der Waals surface area contributed by atoms with Gasteiger partial charge in [0.15, 0.2) is 0 Å². The highest BCUT2D eigenvalue weighted by Gasteiger charge is 2.59. The molecule has 6 rings (SSSR count). The van der Waals surface area contributed by atoms with Gasteiger partial charge in [-0.15, -0.1) is 23.5 Å². The molecular formula is C27H22S4-2. The van der Waals surface area contributed by atoms with E-state index >= 15 is 0 Å². The molecule has 2 atom stereocenters. The first-order valence-electron chi connectivity index (χ1n) is 10.7. The van der Waals surface area contributed by atoms with E-state index in [0.717, 1.165) is 9.79 Å². The summed E-state index contributed by atoms with van der Waals surface area (Å²) < 4.78 is -0.0143. The van der Waals surface area contributed by atoms with Gasteiger partial charge in [-0.2, -0.15) is 9.79 Å². The summed E-state index contributed by atoms with van der Waals surface area (Å²) >= 11 is 15.0. The Kier molecular flexibility index (Phi) is 4.57. The van der Waals surface area contributed by atoms with Gasteiger partial charge < -0.3 is 25.3 Å². The van der Waals surface area contributed by atoms with Crippen molar-refractivity contribution < 1.29 is 0 Å². The maximum atomic E-state index is 5.46. The molecule has 1 fully saturated rings. The van der Waals surface area contributed by atoms with Crippen molar-refractivity contribution in [2.75, 3.05) is 0 Å². The molecule has 2 aliphatic carbocycles. The van der Waals surface area contributed by atoms with Crippen LogP contribution in [-0.4, -0.2) is 9.49 Å². The van der Waals surface area contributed by atoms with Crippen molar-refractivity contribution >= 4 is 58.6 Å². The summed E-state index contributed by atoms with van der Waals surface area (Å²) in [5.74, 6) is 0. The third-order valence-electron chi connectivity index (χ3n) is 7.22. The molecule has 1 saturated carbocycles. The van der Waals surface area contributed by atoms with Gasteiger partial charge in [0.25, 0.3) is 0 Å². The Balaban J connectivity index is 1.50. The molecule has 4 heteroatoms. The van der Waals surface area contributed by atoms with Gasteiger partial charge in [-0.3, -0.25) is 0 Å². The van der Waals surface area contributed by atoms with Crippen molar-refractivity contribution in [2.24, 2.45) is 0 Å². The van der Waals surface area contributed by atoms with Crippen LogP contribution in [0.25, 0.3) is 9.81 Å². The van der Waals surface area contributed by atoms with Gasteiger partial charge in [0, 0.05) is 9.81 Å². The van der Waals surface area contributed by atoms with Gasteiger partial charge in [0.1, 0.15) is 0 Å². The standard InChI is InChI=1S/C27H24S4/c1-26-22(14-24(30-26)16-6-3-8-18(28)12-16)20-10-5-11-21(20)23-15-25(31-27(23,26)2)17-7-4-9-19(29)13-17/h3-4,6-9,12-15,28-29H,5,10-11H2,1-2H3/p-2. The predicted octanol–water partition coefficient (Wildman–Crippen LogP) is 7.68. The molecule has 0 saturated heterocycles. The molecule has 2 aliphatic heterocycles. The Labute approximate surface area is 204 Å². The third-order valence-corrected chi connectivity index (χ3v) is 11.1. The number of fused-ring (bicyclic) bond motifs is 4. The van der Waals surface area contributed by atoms with Crippen LogP contribution in [0.15, 0.2) is 92.8 Å². The maximum absolute atomic E-state index is 5.46. The Morgan fingerprint density at radius 2 is 1.16 bits per heavy atom. The first-order valence-corrected chi connectivity index (χ1v) is 13.2. The topological polar surface area (TPSA) is 0 Å². The molecular weight excluding hydrogens is 453 g/mol. The minimum Gasteiger partial charge on any atom is -0.780 e. The molecule has 2 aromatic rings. The van der Waals surface area contributed by atoms with Gasteiger partial charge in [-0.25, -0.2) is 0 Å². The summed E-state index contributed by atoms with van der Waals surface area (Å²) in [6.45, 7) is 4.92. The van der Waals surface area contributed by atoms with Crippen LogP contribution in [0.4, 0.5) is 0 Å². The van der Waals surface area contributed by atoms with Crippen LogP contribution in [0.2, 0.25) is 0 Å². The zero-order valence-electron chi connectivity index (χ0n) is 17.5. The van der Waals surface area contributed by atoms with E-state index in [1.807, 2.05) is 35.7 Å². The van der Waals surface area contributed by atoms with E-state index in [-0.39, 0.29) is 9.49 Å². The molecule has 0 aromatic heterocycles. The molecule has 0 N–H and O–H groups in total. The van der Waals surface area contributed by atoms with E-state index in [0.29, 0.717) is 0 Å². The zero-order valence-corrected chi connectivity index (χ0v) is 20.8. The molecule has 2 aromatic carbocycles. The summed E-state index contributed by atoms with van der Waals surface area (Å²) in [4.78, 5) is 4.52. The lowest BCUT2D eigenvalue weighted by molar-refractivity contribution is 0.607. The van der Waals surface area contributed by atoms with Crippen LogP contribution in [0.3, 0.4) is 0 Å². The number of allylic oxidation sites excluding steroid dienone is 4. The second kappa shape index (κ2) is 7.02. The van der Waals surface area contributed by atoms with Crippen molar-refractivity contribution in [1.29, 1.82) is 0 Å². The first kappa shape index (κ1) is 20.2. The summed E-state index contributed by atoms with van der Waals surface area (Å²) in [6, 6.07) is 16.9. The second-order valence-corrected chi connectivity index (χ2v) is 12.8. The van der Waals surface area contributed by atoms with E-state index in [9.17, 15) is 0 Å². The minimum absolute atomic E-state index is 0.00715. The lowest BCUT2D eigenvalue weighted by atomic mass is 9.72. The maximum Gasteiger partial charge on any atom is 0.0618 e. The van der Waals surface area contributed by atoms with Gasteiger partial charge in [0.05, 0.1) is 9.49 Å². The first-order chi connectivity index (χ1) is 14.9. The number of thioether (sulfide) groups is 2. The van der Waals surface area contributed by atoms with Crippen LogP contribution in [0, 0.1) is 0 Å². The second-order valence-electron chi connectivity index (χ2n) is 8.98. The average molecular weight is 475 g/mol. The number of hydrogen-bond acceptors (Lipinski definition) is 4.